The number of hydrogen-bond donors (Lipinski definition) is 1. The van der Waals surface area contributed by atoms with Crippen LogP contribution in [0.4, 0.5) is 0 Å². The first-order valence-corrected chi connectivity index (χ1v) is 14.3. The lowest BCUT2D eigenvalue weighted by Gasteiger charge is -2.44. The van der Waals surface area contributed by atoms with Crippen LogP contribution in [0.25, 0.3) is 0 Å². The smallest absolute Gasteiger partial charge is 0.257 e. The fourth-order valence-electron chi connectivity index (χ4n) is 5.89. The number of hydroxylamine groups is 1. The summed E-state index contributed by atoms with van der Waals surface area (Å²) >= 11 is 0. The van der Waals surface area contributed by atoms with Crippen LogP contribution in [0.1, 0.15) is 43.2 Å². The van der Waals surface area contributed by atoms with Crippen LogP contribution in [0.2, 0.25) is 0 Å². The summed E-state index contributed by atoms with van der Waals surface area (Å²) in [5.74, 6) is 1.72. The Bertz CT molecular complexity index is 1110. The Balaban J connectivity index is 1.20. The average molecular weight is 532 g/mol. The van der Waals surface area contributed by atoms with E-state index in [-0.39, 0.29) is 18.0 Å². The third-order valence-electron chi connectivity index (χ3n) is 8.00. The summed E-state index contributed by atoms with van der Waals surface area (Å²) in [4.78, 5) is 23.2. The number of piperazine rings is 1. The Morgan fingerprint density at radius 2 is 1.69 bits per heavy atom. The van der Waals surface area contributed by atoms with E-state index in [9.17, 15) is 4.79 Å². The minimum atomic E-state index is -0.116. The van der Waals surface area contributed by atoms with E-state index in [1.165, 1.54) is 18.4 Å². The molecule has 208 valence electrons. The molecule has 1 saturated carbocycles. The number of ether oxygens (including phenoxy) is 2. The number of benzene rings is 2. The molecule has 2 atom stereocenters. The zero-order valence-corrected chi connectivity index (χ0v) is 23.0. The third-order valence-corrected chi connectivity index (χ3v) is 8.00. The minimum Gasteiger partial charge on any atom is -0.493 e. The van der Waals surface area contributed by atoms with Crippen molar-refractivity contribution < 1.29 is 19.1 Å². The first-order chi connectivity index (χ1) is 19.2. The van der Waals surface area contributed by atoms with E-state index >= 15 is 0 Å². The third kappa shape index (κ3) is 7.72. The number of carbonyl (C=O) groups is 1. The van der Waals surface area contributed by atoms with Gasteiger partial charge in [-0.3, -0.25) is 19.4 Å². The Morgan fingerprint density at radius 1 is 0.974 bits per heavy atom. The van der Waals surface area contributed by atoms with Crippen molar-refractivity contribution in [2.24, 2.45) is 0 Å². The number of carbonyl (C=O) groups excluding carboxylic acids is 1. The van der Waals surface area contributed by atoms with E-state index in [2.05, 4.69) is 51.7 Å². The maximum absolute atomic E-state index is 12.8. The van der Waals surface area contributed by atoms with Gasteiger partial charge in [-0.1, -0.05) is 66.7 Å². The second-order valence-corrected chi connectivity index (χ2v) is 10.8. The number of rotatable bonds is 11. The lowest BCUT2D eigenvalue weighted by molar-refractivity contribution is -0.137. The Morgan fingerprint density at radius 3 is 2.41 bits per heavy atom. The number of nitrogens with zero attached hydrogens (tertiary/aromatic N) is 2. The van der Waals surface area contributed by atoms with Crippen molar-refractivity contribution in [1.82, 2.24) is 15.3 Å². The molecule has 2 fully saturated rings. The van der Waals surface area contributed by atoms with Gasteiger partial charge in [-0.2, -0.15) is 0 Å². The molecular weight excluding hydrogens is 490 g/mol. The monoisotopic (exact) mass is 531 g/mol. The number of hydrogen-bond acceptors (Lipinski definition) is 6. The van der Waals surface area contributed by atoms with Gasteiger partial charge in [0.15, 0.2) is 5.76 Å². The van der Waals surface area contributed by atoms with E-state index < -0.39 is 0 Å². The minimum absolute atomic E-state index is 0.116. The van der Waals surface area contributed by atoms with Crippen LogP contribution in [0, 0.1) is 0 Å². The van der Waals surface area contributed by atoms with Gasteiger partial charge >= 0.3 is 0 Å². The summed E-state index contributed by atoms with van der Waals surface area (Å²) in [6.45, 7) is 3.24. The lowest BCUT2D eigenvalue weighted by atomic mass is 9.98. The highest BCUT2D eigenvalue weighted by molar-refractivity contribution is 5.77. The van der Waals surface area contributed by atoms with Crippen molar-refractivity contribution in [2.45, 2.75) is 63.3 Å². The molecule has 1 saturated heterocycles. The topological polar surface area (TPSA) is 63.3 Å². The maximum atomic E-state index is 12.8. The van der Waals surface area contributed by atoms with Crippen molar-refractivity contribution in [3.05, 3.63) is 95.5 Å². The van der Waals surface area contributed by atoms with Crippen LogP contribution >= 0.6 is 0 Å². The molecule has 1 aliphatic heterocycles. The van der Waals surface area contributed by atoms with Crippen molar-refractivity contribution in [3.63, 3.8) is 0 Å². The van der Waals surface area contributed by atoms with Crippen molar-refractivity contribution in [3.8, 4) is 0 Å². The van der Waals surface area contributed by atoms with Crippen molar-refractivity contribution in [2.75, 3.05) is 33.3 Å². The zero-order chi connectivity index (χ0) is 26.9. The lowest BCUT2D eigenvalue weighted by Crippen LogP contribution is -2.58. The highest BCUT2D eigenvalue weighted by Gasteiger charge is 2.34. The van der Waals surface area contributed by atoms with E-state index in [4.69, 9.17) is 14.3 Å². The summed E-state index contributed by atoms with van der Waals surface area (Å²) in [5, 5.41) is 0. The molecule has 1 unspecified atom stereocenters. The normalized spacial score (nSPS) is 22.7. The summed E-state index contributed by atoms with van der Waals surface area (Å²) < 4.78 is 12.1. The van der Waals surface area contributed by atoms with E-state index in [0.29, 0.717) is 19.3 Å². The molecule has 2 aromatic carbocycles. The van der Waals surface area contributed by atoms with Gasteiger partial charge in [0.05, 0.1) is 26.4 Å². The van der Waals surface area contributed by atoms with Gasteiger partial charge in [0.25, 0.3) is 5.91 Å². The standard InChI is InChI=1S/C32H41N3O4/c1-37-30-17-16-27(21-31(30)39-29-14-8-9-15-29)34-18-19-35(28(22-34)20-25-10-4-2-5-11-25)23-32(36)33-38-24-26-12-6-3-7-13-26/h2-7,10-13,16-17,27-29H,8-9,14-15,18-24H2,1H3,(H,33,36)/t27?,28-/m0/s1. The summed E-state index contributed by atoms with van der Waals surface area (Å²) in [7, 11) is 1.72. The number of methoxy groups -OCH3 is 1. The molecule has 1 N–H and O–H groups in total. The van der Waals surface area contributed by atoms with Crippen LogP contribution in [0.15, 0.2) is 84.3 Å². The summed E-state index contributed by atoms with van der Waals surface area (Å²) in [5.41, 5.74) is 4.95. The van der Waals surface area contributed by atoms with E-state index in [1.807, 2.05) is 36.4 Å². The molecule has 1 amide bonds. The van der Waals surface area contributed by atoms with Gasteiger partial charge in [0, 0.05) is 38.1 Å². The van der Waals surface area contributed by atoms with Gasteiger partial charge in [-0.15, -0.1) is 0 Å². The quantitative estimate of drug-likeness (QED) is 0.428. The van der Waals surface area contributed by atoms with Crippen LogP contribution in [0.5, 0.6) is 0 Å². The van der Waals surface area contributed by atoms with Gasteiger partial charge in [-0.05, 0) is 49.3 Å². The van der Waals surface area contributed by atoms with E-state index in [1.54, 1.807) is 7.11 Å². The van der Waals surface area contributed by atoms with Gasteiger partial charge in [-0.25, -0.2) is 5.48 Å². The Labute approximate surface area is 232 Å². The van der Waals surface area contributed by atoms with Crippen LogP contribution < -0.4 is 5.48 Å². The molecule has 39 heavy (non-hydrogen) atoms. The molecular formula is C32H41N3O4. The molecule has 2 aliphatic carbocycles. The number of amides is 1. The highest BCUT2D eigenvalue weighted by Crippen LogP contribution is 2.31. The Hall–Kier alpha value is -3.13. The fourth-order valence-corrected chi connectivity index (χ4v) is 5.89. The Kier molecular flexibility index (Phi) is 9.70. The van der Waals surface area contributed by atoms with E-state index in [0.717, 1.165) is 62.4 Å². The zero-order valence-electron chi connectivity index (χ0n) is 23.0. The first kappa shape index (κ1) is 27.4. The van der Waals surface area contributed by atoms with Gasteiger partial charge in [0.2, 0.25) is 0 Å². The first-order valence-electron chi connectivity index (χ1n) is 14.3. The SMILES string of the molecule is COC1=C(OC2CCCC2)CC(N2CCN(CC(=O)NOCc3ccccc3)[C@@H](Cc3ccccc3)C2)C=C1. The maximum Gasteiger partial charge on any atom is 0.257 e. The van der Waals surface area contributed by atoms with Crippen LogP contribution in [-0.2, 0) is 32.1 Å². The van der Waals surface area contributed by atoms with Crippen molar-refractivity contribution in [1.29, 1.82) is 0 Å². The molecule has 0 spiro atoms. The number of nitrogens with one attached hydrogen (secondary N) is 1. The molecule has 7 nitrogen and oxygen atoms in total. The summed E-state index contributed by atoms with van der Waals surface area (Å²) in [6.07, 6.45) is 11.1. The van der Waals surface area contributed by atoms with Crippen LogP contribution in [0.3, 0.4) is 0 Å². The van der Waals surface area contributed by atoms with Gasteiger partial charge in [0.1, 0.15) is 5.76 Å². The van der Waals surface area contributed by atoms with Gasteiger partial charge < -0.3 is 9.47 Å². The summed E-state index contributed by atoms with van der Waals surface area (Å²) in [6, 6.07) is 20.9. The molecule has 5 rings (SSSR count). The second-order valence-electron chi connectivity index (χ2n) is 10.8. The highest BCUT2D eigenvalue weighted by atomic mass is 16.6. The molecule has 0 aromatic heterocycles. The van der Waals surface area contributed by atoms with Crippen molar-refractivity contribution >= 4 is 5.91 Å². The molecule has 2 aromatic rings. The number of allylic oxidation sites excluding steroid dienone is 1. The second kappa shape index (κ2) is 13.8. The molecule has 0 radical (unpaired) electrons. The molecule has 7 heteroatoms. The fraction of sp³-hybridized carbons (Fsp3) is 0.469. The average Bonchev–Trinajstić information content (AvgIpc) is 3.48. The largest absolute Gasteiger partial charge is 0.493 e. The molecule has 0 bridgehead atoms. The molecule has 1 heterocycles. The predicted molar refractivity (Wildman–Crippen MR) is 151 cm³/mol. The predicted octanol–water partition coefficient (Wildman–Crippen LogP) is 4.61. The van der Waals surface area contributed by atoms with Crippen LogP contribution in [-0.4, -0.2) is 67.2 Å². The molecule has 3 aliphatic rings.